The summed E-state index contributed by atoms with van der Waals surface area (Å²) in [5.41, 5.74) is 0. The highest BCUT2D eigenvalue weighted by molar-refractivity contribution is 5.81. The van der Waals surface area contributed by atoms with Crippen LogP contribution in [-0.4, -0.2) is 41.5 Å². The number of nitrogens with one attached hydrogen (secondary N) is 1. The van der Waals surface area contributed by atoms with Crippen molar-refractivity contribution in [3.63, 3.8) is 0 Å². The smallest absolute Gasteiger partial charge is 0.329 e. The molecule has 0 spiro atoms. The Morgan fingerprint density at radius 3 is 3.00 bits per heavy atom. The second-order valence-electron chi connectivity index (χ2n) is 2.47. The number of carbonyl (C=O) groups excluding carboxylic acids is 1. The molecule has 0 bridgehead atoms. The van der Waals surface area contributed by atoms with Crippen LogP contribution in [0.2, 0.25) is 0 Å². The molecule has 0 aromatic rings. The Hall–Kier alpha value is -1.52. The van der Waals surface area contributed by atoms with Gasteiger partial charge in [-0.05, 0) is 0 Å². The van der Waals surface area contributed by atoms with Crippen molar-refractivity contribution in [1.82, 2.24) is 10.2 Å². The van der Waals surface area contributed by atoms with E-state index < -0.39 is 5.97 Å². The zero-order chi connectivity index (χ0) is 8.97. The van der Waals surface area contributed by atoms with Crippen LogP contribution in [0.15, 0.2) is 12.3 Å². The highest BCUT2D eigenvalue weighted by Gasteiger charge is 2.11. The number of carboxylic acids is 1. The molecule has 2 N–H and O–H groups in total. The number of hydrogen-bond donors (Lipinski definition) is 2. The Bertz CT molecular complexity index is 225. The molecule has 0 radical (unpaired) electrons. The first-order valence-corrected chi connectivity index (χ1v) is 3.60. The van der Waals surface area contributed by atoms with Crippen LogP contribution >= 0.6 is 0 Å². The summed E-state index contributed by atoms with van der Waals surface area (Å²) in [5, 5.41) is 10.9. The van der Waals surface area contributed by atoms with Gasteiger partial charge in [0.05, 0.1) is 6.54 Å². The van der Waals surface area contributed by atoms with Crippen molar-refractivity contribution in [3.8, 4) is 0 Å². The van der Waals surface area contributed by atoms with E-state index in [-0.39, 0.29) is 12.5 Å². The van der Waals surface area contributed by atoms with Crippen molar-refractivity contribution in [1.29, 1.82) is 0 Å². The molecule has 1 aliphatic heterocycles. The number of nitrogens with zero attached hydrogens (tertiary/aromatic N) is 1. The third kappa shape index (κ3) is 2.61. The first kappa shape index (κ1) is 8.58. The second kappa shape index (κ2) is 3.75. The molecule has 1 aliphatic rings. The van der Waals surface area contributed by atoms with Crippen LogP contribution in [0.1, 0.15) is 0 Å². The summed E-state index contributed by atoms with van der Waals surface area (Å²) in [7, 11) is 0. The Balaban J connectivity index is 2.41. The minimum Gasteiger partial charge on any atom is -0.478 e. The van der Waals surface area contributed by atoms with E-state index in [2.05, 4.69) is 5.32 Å². The highest BCUT2D eigenvalue weighted by Crippen LogP contribution is 1.93. The Morgan fingerprint density at radius 2 is 2.42 bits per heavy atom. The molecule has 0 aromatic heterocycles. The average Bonchev–Trinajstić information content (AvgIpc) is 2.01. The second-order valence-corrected chi connectivity index (χ2v) is 2.47. The van der Waals surface area contributed by atoms with Crippen LogP contribution in [-0.2, 0) is 9.59 Å². The number of carboxylic acid groups (broad SMARTS) is 1. The van der Waals surface area contributed by atoms with Gasteiger partial charge in [0.1, 0.15) is 0 Å². The van der Waals surface area contributed by atoms with Crippen LogP contribution in [0.25, 0.3) is 0 Å². The van der Waals surface area contributed by atoms with Gasteiger partial charge in [-0.15, -0.1) is 0 Å². The van der Waals surface area contributed by atoms with Crippen LogP contribution < -0.4 is 5.32 Å². The van der Waals surface area contributed by atoms with Crippen molar-refractivity contribution >= 4 is 11.9 Å². The van der Waals surface area contributed by atoms with E-state index in [1.807, 2.05) is 0 Å². The predicted octanol–water partition coefficient (Wildman–Crippen LogP) is -0.984. The highest BCUT2D eigenvalue weighted by atomic mass is 16.4. The fourth-order valence-corrected chi connectivity index (χ4v) is 0.955. The normalized spacial score (nSPS) is 18.0. The molecule has 0 unspecified atom stereocenters. The molecule has 1 saturated heterocycles. The molecule has 0 aliphatic carbocycles. The Morgan fingerprint density at radius 1 is 1.67 bits per heavy atom. The van der Waals surface area contributed by atoms with Crippen molar-refractivity contribution in [3.05, 3.63) is 12.3 Å². The lowest BCUT2D eigenvalue weighted by Crippen LogP contribution is -2.45. The number of rotatable bonds is 2. The Labute approximate surface area is 69.7 Å². The summed E-state index contributed by atoms with van der Waals surface area (Å²) < 4.78 is 0. The minimum atomic E-state index is -0.999. The molecule has 0 aromatic carbocycles. The quantitative estimate of drug-likeness (QED) is 0.522. The number of aliphatic carboxylic acids is 1. The van der Waals surface area contributed by atoms with E-state index in [9.17, 15) is 9.59 Å². The molecule has 0 saturated carbocycles. The number of amides is 1. The van der Waals surface area contributed by atoms with Crippen LogP contribution in [0.3, 0.4) is 0 Å². The third-order valence-electron chi connectivity index (χ3n) is 1.50. The zero-order valence-electron chi connectivity index (χ0n) is 6.49. The lowest BCUT2D eigenvalue weighted by atomic mass is 10.4. The number of piperazine rings is 1. The van der Waals surface area contributed by atoms with Crippen LogP contribution in [0.5, 0.6) is 0 Å². The molecular formula is C7H10N2O3. The monoisotopic (exact) mass is 170 g/mol. The molecule has 5 nitrogen and oxygen atoms in total. The lowest BCUT2D eigenvalue weighted by Gasteiger charge is -2.24. The van der Waals surface area contributed by atoms with Gasteiger partial charge < -0.3 is 15.3 Å². The lowest BCUT2D eigenvalue weighted by molar-refractivity contribution is -0.131. The summed E-state index contributed by atoms with van der Waals surface area (Å²) in [6, 6.07) is 0. The first-order chi connectivity index (χ1) is 5.68. The maximum atomic E-state index is 10.8. The summed E-state index contributed by atoms with van der Waals surface area (Å²) in [5.74, 6) is -1.07. The van der Waals surface area contributed by atoms with Gasteiger partial charge in [0, 0.05) is 25.4 Å². The fourth-order valence-electron chi connectivity index (χ4n) is 0.955. The molecule has 1 rings (SSSR count). The average molecular weight is 170 g/mol. The third-order valence-corrected chi connectivity index (χ3v) is 1.50. The molecule has 1 heterocycles. The molecule has 66 valence electrons. The van der Waals surface area contributed by atoms with Crippen molar-refractivity contribution < 1.29 is 14.7 Å². The summed E-state index contributed by atoms with van der Waals surface area (Å²) in [6.07, 6.45) is 2.44. The topological polar surface area (TPSA) is 69.6 Å². The molecule has 12 heavy (non-hydrogen) atoms. The van der Waals surface area contributed by atoms with Gasteiger partial charge in [0.2, 0.25) is 5.91 Å². The van der Waals surface area contributed by atoms with Crippen LogP contribution in [0.4, 0.5) is 0 Å². The summed E-state index contributed by atoms with van der Waals surface area (Å²) >= 11 is 0. The van der Waals surface area contributed by atoms with Gasteiger partial charge in [-0.25, -0.2) is 4.79 Å². The maximum Gasteiger partial charge on any atom is 0.329 e. The van der Waals surface area contributed by atoms with E-state index in [1.165, 1.54) is 6.20 Å². The largest absolute Gasteiger partial charge is 0.478 e. The predicted molar refractivity (Wildman–Crippen MR) is 41.4 cm³/mol. The van der Waals surface area contributed by atoms with E-state index >= 15 is 0 Å². The fraction of sp³-hybridized carbons (Fsp3) is 0.429. The SMILES string of the molecule is O=C(O)C=CN1CCNC(=O)C1. The van der Waals surface area contributed by atoms with Gasteiger partial charge in [-0.1, -0.05) is 0 Å². The molecular weight excluding hydrogens is 160 g/mol. The van der Waals surface area contributed by atoms with E-state index in [0.717, 1.165) is 6.08 Å². The van der Waals surface area contributed by atoms with Gasteiger partial charge in [-0.2, -0.15) is 0 Å². The van der Waals surface area contributed by atoms with Crippen molar-refractivity contribution in [2.24, 2.45) is 0 Å². The zero-order valence-corrected chi connectivity index (χ0v) is 6.49. The maximum absolute atomic E-state index is 10.8. The van der Waals surface area contributed by atoms with Gasteiger partial charge in [-0.3, -0.25) is 4.79 Å². The molecule has 1 fully saturated rings. The van der Waals surface area contributed by atoms with Gasteiger partial charge in [0.15, 0.2) is 0 Å². The molecule has 1 amide bonds. The standard InChI is InChI=1S/C7H10N2O3/c10-6-5-9(4-2-8-6)3-1-7(11)12/h1,3H,2,4-5H2,(H,8,10)(H,11,12). The van der Waals surface area contributed by atoms with Gasteiger partial charge in [0.25, 0.3) is 0 Å². The van der Waals surface area contributed by atoms with Crippen molar-refractivity contribution in [2.45, 2.75) is 0 Å². The minimum absolute atomic E-state index is 0.0729. The van der Waals surface area contributed by atoms with Crippen LogP contribution in [0, 0.1) is 0 Å². The number of hydrogen-bond acceptors (Lipinski definition) is 3. The summed E-state index contributed by atoms with van der Waals surface area (Å²) in [6.45, 7) is 1.47. The Kier molecular flexibility index (Phi) is 2.68. The first-order valence-electron chi connectivity index (χ1n) is 3.60. The van der Waals surface area contributed by atoms with E-state index in [0.29, 0.717) is 13.1 Å². The summed E-state index contributed by atoms with van der Waals surface area (Å²) in [4.78, 5) is 22.6. The number of carbonyl (C=O) groups is 2. The van der Waals surface area contributed by atoms with E-state index in [1.54, 1.807) is 4.90 Å². The van der Waals surface area contributed by atoms with Crippen molar-refractivity contribution in [2.75, 3.05) is 19.6 Å². The molecule has 0 atom stereocenters. The van der Waals surface area contributed by atoms with E-state index in [4.69, 9.17) is 5.11 Å². The molecule has 5 heteroatoms. The van der Waals surface area contributed by atoms with Gasteiger partial charge >= 0.3 is 5.97 Å².